The number of fused-ring (bicyclic) bond motifs is 9. The first-order valence-corrected chi connectivity index (χ1v) is 23.5. The number of aromatic nitrogens is 1. The third-order valence-electron chi connectivity index (χ3n) is 12.5. The van der Waals surface area contributed by atoms with Gasteiger partial charge in [-0.2, -0.15) is 0 Å². The molecule has 1 aromatic heterocycles. The van der Waals surface area contributed by atoms with E-state index in [1.54, 1.807) is 0 Å². The van der Waals surface area contributed by atoms with Crippen molar-refractivity contribution in [2.75, 3.05) is 4.90 Å². The Hall–Kier alpha value is -5.90. The number of anilines is 3. The van der Waals surface area contributed by atoms with Gasteiger partial charge in [-0.1, -0.05) is 140 Å². The van der Waals surface area contributed by atoms with E-state index in [4.69, 9.17) is 0 Å². The molecular weight excluding hydrogens is 693 g/mol. The summed E-state index contributed by atoms with van der Waals surface area (Å²) in [7, 11) is -1.59. The third-order valence-corrected chi connectivity index (χ3v) is 14.5. The smallest absolute Gasteiger partial charge is 0.0784 e. The van der Waals surface area contributed by atoms with E-state index >= 15 is 0 Å². The highest BCUT2D eigenvalue weighted by molar-refractivity contribution is 6.90. The molecule has 10 rings (SSSR count). The third kappa shape index (κ3) is 5.14. The van der Waals surface area contributed by atoms with Crippen LogP contribution in [-0.4, -0.2) is 12.6 Å². The first kappa shape index (κ1) is 34.6. The lowest BCUT2D eigenvalue weighted by molar-refractivity contribution is 0.660. The minimum absolute atomic E-state index is 0.242. The molecule has 9 aromatic rings. The van der Waals surface area contributed by atoms with Crippen molar-refractivity contribution in [3.8, 4) is 16.8 Å². The molecule has 8 aromatic carbocycles. The lowest BCUT2D eigenvalue weighted by Crippen LogP contribution is -2.38. The van der Waals surface area contributed by atoms with Crippen LogP contribution in [-0.2, 0) is 5.41 Å². The van der Waals surface area contributed by atoms with Crippen LogP contribution in [0.25, 0.3) is 60.2 Å². The summed E-state index contributed by atoms with van der Waals surface area (Å²) in [5.41, 5.74) is 16.3. The van der Waals surface area contributed by atoms with Crippen LogP contribution in [0.5, 0.6) is 0 Å². The lowest BCUT2D eigenvalue weighted by atomic mass is 9.81. The Morgan fingerprint density at radius 2 is 1.05 bits per heavy atom. The van der Waals surface area contributed by atoms with Crippen molar-refractivity contribution < 1.29 is 0 Å². The van der Waals surface area contributed by atoms with E-state index in [-0.39, 0.29) is 5.41 Å². The maximum absolute atomic E-state index is 2.52. The Morgan fingerprint density at radius 3 is 1.70 bits per heavy atom. The van der Waals surface area contributed by atoms with Gasteiger partial charge in [0.25, 0.3) is 0 Å². The van der Waals surface area contributed by atoms with Crippen LogP contribution < -0.4 is 10.1 Å². The van der Waals surface area contributed by atoms with Crippen molar-refractivity contribution in [3.63, 3.8) is 0 Å². The number of nitrogens with zero attached hydrogens (tertiary/aromatic N) is 2. The van der Waals surface area contributed by atoms with Crippen LogP contribution >= 0.6 is 0 Å². The van der Waals surface area contributed by atoms with Crippen LogP contribution in [0.3, 0.4) is 0 Å². The monoisotopic (exact) mass is 740 g/mol. The molecule has 0 aliphatic heterocycles. The van der Waals surface area contributed by atoms with Crippen molar-refractivity contribution in [2.45, 2.75) is 59.7 Å². The van der Waals surface area contributed by atoms with E-state index in [1.165, 1.54) is 110 Å². The van der Waals surface area contributed by atoms with Gasteiger partial charge >= 0.3 is 0 Å². The fourth-order valence-corrected chi connectivity index (χ4v) is 11.2. The summed E-state index contributed by atoms with van der Waals surface area (Å²) in [5, 5.41) is 9.35. The average molecular weight is 741 g/mol. The van der Waals surface area contributed by atoms with Gasteiger partial charge in [-0.15, -0.1) is 0 Å². The second-order valence-corrected chi connectivity index (χ2v) is 22.7. The van der Waals surface area contributed by atoms with Gasteiger partial charge < -0.3 is 9.47 Å². The number of hydrogen-bond donors (Lipinski definition) is 0. The van der Waals surface area contributed by atoms with Crippen LogP contribution in [0, 0.1) is 20.8 Å². The minimum Gasteiger partial charge on any atom is -0.310 e. The summed E-state index contributed by atoms with van der Waals surface area (Å²) >= 11 is 0. The number of aryl methyl sites for hydroxylation is 3. The van der Waals surface area contributed by atoms with Crippen LogP contribution in [0.15, 0.2) is 146 Å². The summed E-state index contributed by atoms with van der Waals surface area (Å²) in [6, 6.07) is 55.5. The van der Waals surface area contributed by atoms with Gasteiger partial charge in [-0.05, 0) is 114 Å². The molecule has 2 nitrogen and oxygen atoms in total. The predicted molar refractivity (Wildman–Crippen MR) is 245 cm³/mol. The van der Waals surface area contributed by atoms with Crippen LogP contribution in [0.4, 0.5) is 17.1 Å². The fourth-order valence-electron chi connectivity index (χ4n) is 9.64. The van der Waals surface area contributed by atoms with Crippen molar-refractivity contribution in [3.05, 3.63) is 173 Å². The molecule has 3 heteroatoms. The molecule has 0 atom stereocenters. The molecular formula is C53H48N2Si. The Labute approximate surface area is 331 Å². The maximum atomic E-state index is 2.52. The lowest BCUT2D eigenvalue weighted by Gasteiger charge is -2.30. The number of rotatable bonds is 5. The highest BCUT2D eigenvalue weighted by atomic mass is 28.3. The summed E-state index contributed by atoms with van der Waals surface area (Å²) in [4.78, 5) is 2.49. The van der Waals surface area contributed by atoms with E-state index in [2.05, 4.69) is 209 Å². The maximum Gasteiger partial charge on any atom is 0.0784 e. The molecule has 0 radical (unpaired) electrons. The van der Waals surface area contributed by atoms with E-state index in [9.17, 15) is 0 Å². The van der Waals surface area contributed by atoms with Crippen LogP contribution in [0.2, 0.25) is 19.6 Å². The Kier molecular flexibility index (Phi) is 7.59. The first-order chi connectivity index (χ1) is 26.9. The van der Waals surface area contributed by atoms with Gasteiger partial charge in [-0.25, -0.2) is 0 Å². The summed E-state index contributed by atoms with van der Waals surface area (Å²) in [5.74, 6) is 0. The Balaban J connectivity index is 1.21. The van der Waals surface area contributed by atoms with Crippen molar-refractivity contribution in [2.24, 2.45) is 0 Å². The molecule has 1 aliphatic rings. The van der Waals surface area contributed by atoms with E-state index in [0.717, 1.165) is 0 Å². The van der Waals surface area contributed by atoms with Gasteiger partial charge in [0.1, 0.15) is 0 Å². The molecule has 0 saturated carbocycles. The molecule has 0 amide bonds. The quantitative estimate of drug-likeness (QED) is 0.160. The summed E-state index contributed by atoms with van der Waals surface area (Å²) < 4.78 is 2.52. The molecule has 0 N–H and O–H groups in total. The van der Waals surface area contributed by atoms with Crippen molar-refractivity contribution in [1.29, 1.82) is 0 Å². The standard InChI is InChI=1S/C53H48N2Si/c1-33-17-21-36(22-18-33)54(47-27-28-51(56(6,7)8)40-15-11-9-13-38(40)47)37-23-24-42-45(31-37)53(4,5)46-32-50(39-14-10-12-16-41(39)52(42)46)55-48-25-19-34(2)29-43(48)44-30-35(3)20-26-49(44)55/h9-32H,1-8H3. The fraction of sp³-hybridized carbons (Fsp3) is 0.170. The second kappa shape index (κ2) is 12.3. The SMILES string of the molecule is Cc1ccc(N(c2ccc3c(c2)C(C)(C)c2cc(-n4c5ccc(C)cc5c5cc(C)ccc54)c4ccccc4c2-3)c2ccc([Si](C)(C)C)c3ccccc23)cc1. The minimum atomic E-state index is -1.59. The van der Waals surface area contributed by atoms with Crippen molar-refractivity contribution >= 4 is 73.7 Å². The highest BCUT2D eigenvalue weighted by Crippen LogP contribution is 2.54. The largest absolute Gasteiger partial charge is 0.310 e. The molecule has 0 fully saturated rings. The second-order valence-electron chi connectivity index (χ2n) is 17.7. The number of hydrogen-bond acceptors (Lipinski definition) is 1. The van der Waals surface area contributed by atoms with E-state index < -0.39 is 8.07 Å². The zero-order valence-electron chi connectivity index (χ0n) is 33.8. The topological polar surface area (TPSA) is 8.17 Å². The average Bonchev–Trinajstić information content (AvgIpc) is 3.61. The highest BCUT2D eigenvalue weighted by Gasteiger charge is 2.38. The van der Waals surface area contributed by atoms with Gasteiger partial charge in [0.05, 0.1) is 30.5 Å². The molecule has 274 valence electrons. The molecule has 1 aliphatic carbocycles. The zero-order chi connectivity index (χ0) is 38.7. The molecule has 0 spiro atoms. The molecule has 0 saturated heterocycles. The van der Waals surface area contributed by atoms with Gasteiger partial charge in [-0.3, -0.25) is 0 Å². The normalized spacial score (nSPS) is 13.5. The van der Waals surface area contributed by atoms with E-state index in [0.29, 0.717) is 0 Å². The first-order valence-electron chi connectivity index (χ1n) is 20.0. The van der Waals surface area contributed by atoms with Crippen molar-refractivity contribution in [1.82, 2.24) is 4.57 Å². The van der Waals surface area contributed by atoms with Gasteiger partial charge in [0, 0.05) is 38.3 Å². The summed E-state index contributed by atoms with van der Waals surface area (Å²) in [6.07, 6.45) is 0. The molecule has 1 heterocycles. The number of benzene rings is 8. The summed E-state index contributed by atoms with van der Waals surface area (Å²) in [6.45, 7) is 18.8. The Bertz CT molecular complexity index is 3010. The van der Waals surface area contributed by atoms with E-state index in [1.807, 2.05) is 0 Å². The molecule has 0 bridgehead atoms. The Morgan fingerprint density at radius 1 is 0.482 bits per heavy atom. The van der Waals surface area contributed by atoms with Gasteiger partial charge in [0.2, 0.25) is 0 Å². The zero-order valence-corrected chi connectivity index (χ0v) is 34.8. The van der Waals surface area contributed by atoms with Crippen LogP contribution in [0.1, 0.15) is 41.7 Å². The predicted octanol–water partition coefficient (Wildman–Crippen LogP) is 14.3. The molecule has 0 unspecified atom stereocenters. The van der Waals surface area contributed by atoms with Gasteiger partial charge in [0.15, 0.2) is 0 Å². The molecule has 56 heavy (non-hydrogen) atoms.